The van der Waals surface area contributed by atoms with E-state index in [1.807, 2.05) is 42.8 Å². The maximum absolute atomic E-state index is 6.06. The van der Waals surface area contributed by atoms with Crippen molar-refractivity contribution in [1.29, 1.82) is 0 Å². The van der Waals surface area contributed by atoms with Gasteiger partial charge in [0.15, 0.2) is 0 Å². The van der Waals surface area contributed by atoms with Crippen LogP contribution in [0.5, 0.6) is 11.5 Å². The van der Waals surface area contributed by atoms with Gasteiger partial charge in [-0.25, -0.2) is 4.98 Å². The molecule has 2 aromatic heterocycles. The van der Waals surface area contributed by atoms with Gasteiger partial charge in [-0.15, -0.1) is 0 Å². The van der Waals surface area contributed by atoms with E-state index in [9.17, 15) is 0 Å². The minimum Gasteiger partial charge on any atom is -0.495 e. The summed E-state index contributed by atoms with van der Waals surface area (Å²) in [7, 11) is 1.65. The molecule has 148 valence electrons. The lowest BCUT2D eigenvalue weighted by molar-refractivity contribution is 0.242. The highest BCUT2D eigenvalue weighted by Gasteiger charge is 2.20. The molecule has 6 nitrogen and oxygen atoms in total. The second-order valence-corrected chi connectivity index (χ2v) is 8.28. The molecule has 1 saturated heterocycles. The fourth-order valence-electron chi connectivity index (χ4n) is 3.56. The molecule has 1 aliphatic rings. The quantitative estimate of drug-likeness (QED) is 0.641. The summed E-state index contributed by atoms with van der Waals surface area (Å²) in [6, 6.07) is 8.38. The summed E-state index contributed by atoms with van der Waals surface area (Å²) < 4.78 is 14.4. The van der Waals surface area contributed by atoms with Gasteiger partial charge in [0.05, 0.1) is 23.4 Å². The van der Waals surface area contributed by atoms with E-state index >= 15 is 0 Å². The number of rotatable bonds is 5. The van der Waals surface area contributed by atoms with E-state index in [-0.39, 0.29) is 12.1 Å². The third kappa shape index (κ3) is 3.69. The van der Waals surface area contributed by atoms with Gasteiger partial charge in [0.1, 0.15) is 17.1 Å². The van der Waals surface area contributed by atoms with Crippen LogP contribution in [0.25, 0.3) is 16.9 Å². The molecule has 7 heteroatoms. The van der Waals surface area contributed by atoms with Crippen molar-refractivity contribution in [3.05, 3.63) is 41.1 Å². The lowest BCUT2D eigenvalue weighted by Gasteiger charge is -2.17. The van der Waals surface area contributed by atoms with Gasteiger partial charge < -0.3 is 24.5 Å². The molecule has 1 aromatic carbocycles. The van der Waals surface area contributed by atoms with Crippen molar-refractivity contribution in [2.45, 2.75) is 32.4 Å². The molecule has 2 N–H and O–H groups in total. The van der Waals surface area contributed by atoms with Crippen molar-refractivity contribution in [3.8, 4) is 22.8 Å². The Bertz CT molecular complexity index is 1000. The van der Waals surface area contributed by atoms with Crippen LogP contribution >= 0.6 is 15.9 Å². The molecule has 28 heavy (non-hydrogen) atoms. The molecule has 0 amide bonds. The summed E-state index contributed by atoms with van der Waals surface area (Å²) in [4.78, 5) is 7.18. The molecule has 1 fully saturated rings. The summed E-state index contributed by atoms with van der Waals surface area (Å²) in [6.45, 7) is 5.90. The van der Waals surface area contributed by atoms with Crippen LogP contribution in [0.4, 0.5) is 5.69 Å². The Morgan fingerprint density at radius 3 is 2.75 bits per heavy atom. The van der Waals surface area contributed by atoms with E-state index < -0.39 is 0 Å². The van der Waals surface area contributed by atoms with Crippen LogP contribution < -0.4 is 20.1 Å². The number of ether oxygens (including phenoxy) is 2. The van der Waals surface area contributed by atoms with Crippen molar-refractivity contribution >= 4 is 27.3 Å². The fourth-order valence-corrected chi connectivity index (χ4v) is 4.07. The third-order valence-corrected chi connectivity index (χ3v) is 5.55. The van der Waals surface area contributed by atoms with E-state index in [2.05, 4.69) is 33.0 Å². The Labute approximate surface area is 173 Å². The van der Waals surface area contributed by atoms with Crippen LogP contribution in [0.3, 0.4) is 0 Å². The van der Waals surface area contributed by atoms with Gasteiger partial charge in [0, 0.05) is 54.9 Å². The first kappa shape index (κ1) is 19.1. The smallest absolute Gasteiger partial charge is 0.139 e. The Morgan fingerprint density at radius 1 is 1.25 bits per heavy atom. The molecule has 4 rings (SSSR count). The topological polar surface area (TPSA) is 65.0 Å². The minimum atomic E-state index is 0.0487. The predicted octanol–water partition coefficient (Wildman–Crippen LogP) is 4.10. The van der Waals surface area contributed by atoms with Crippen molar-refractivity contribution in [2.75, 3.05) is 25.1 Å². The number of methoxy groups -OCH3 is 1. The van der Waals surface area contributed by atoms with Gasteiger partial charge in [-0.1, -0.05) is 0 Å². The van der Waals surface area contributed by atoms with Crippen LogP contribution in [-0.4, -0.2) is 41.7 Å². The third-order valence-electron chi connectivity index (χ3n) is 4.93. The number of fused-ring (bicyclic) bond motifs is 1. The first-order chi connectivity index (χ1) is 13.4. The molecule has 3 aromatic rings. The van der Waals surface area contributed by atoms with E-state index in [0.717, 1.165) is 58.1 Å². The van der Waals surface area contributed by atoms with Crippen LogP contribution in [-0.2, 0) is 0 Å². The van der Waals surface area contributed by atoms with E-state index in [1.165, 1.54) is 0 Å². The van der Waals surface area contributed by atoms with Gasteiger partial charge >= 0.3 is 0 Å². The molecule has 3 heterocycles. The highest BCUT2D eigenvalue weighted by molar-refractivity contribution is 9.10. The van der Waals surface area contributed by atoms with Crippen LogP contribution in [0.15, 0.2) is 41.1 Å². The fraction of sp³-hybridized carbons (Fsp3) is 0.381. The number of aromatic nitrogens is 2. The van der Waals surface area contributed by atoms with Gasteiger partial charge in [-0.2, -0.15) is 0 Å². The monoisotopic (exact) mass is 444 g/mol. The molecule has 0 bridgehead atoms. The molecule has 0 spiro atoms. The average molecular weight is 445 g/mol. The average Bonchev–Trinajstić information content (AvgIpc) is 3.27. The molecule has 1 unspecified atom stereocenters. The van der Waals surface area contributed by atoms with Crippen molar-refractivity contribution < 1.29 is 9.47 Å². The predicted molar refractivity (Wildman–Crippen MR) is 115 cm³/mol. The number of anilines is 1. The molecule has 0 radical (unpaired) electrons. The zero-order chi connectivity index (χ0) is 19.8. The molecule has 0 saturated carbocycles. The van der Waals surface area contributed by atoms with Crippen LogP contribution in [0.2, 0.25) is 0 Å². The number of imidazole rings is 1. The van der Waals surface area contributed by atoms with Gasteiger partial charge in [0.2, 0.25) is 0 Å². The lowest BCUT2D eigenvalue weighted by atomic mass is 10.1. The Hall–Kier alpha value is -2.25. The van der Waals surface area contributed by atoms with Gasteiger partial charge in [-0.05, 0) is 48.3 Å². The van der Waals surface area contributed by atoms with Gasteiger partial charge in [0.25, 0.3) is 0 Å². The Morgan fingerprint density at radius 2 is 2.07 bits per heavy atom. The number of benzene rings is 1. The number of nitrogens with two attached hydrogens (primary N) is 1. The number of pyridine rings is 1. The van der Waals surface area contributed by atoms with Crippen molar-refractivity contribution in [1.82, 2.24) is 9.38 Å². The summed E-state index contributed by atoms with van der Waals surface area (Å²) in [5, 5.41) is 0. The highest BCUT2D eigenvalue weighted by atomic mass is 79.9. The number of hydrogen-bond acceptors (Lipinski definition) is 5. The first-order valence-electron chi connectivity index (χ1n) is 9.48. The maximum Gasteiger partial charge on any atom is 0.139 e. The standard InChI is InChI=1S/C21H25BrN4O2/c1-13(2)28-19-10-20(27-3)17(22)9-16(19)18-12-26-7-5-15(8-21(26)24-18)25-6-4-14(23)11-25/h5,7-10,12-14H,4,6,11,23H2,1-3H3. The summed E-state index contributed by atoms with van der Waals surface area (Å²) >= 11 is 3.58. The highest BCUT2D eigenvalue weighted by Crippen LogP contribution is 2.39. The number of hydrogen-bond donors (Lipinski definition) is 1. The molecule has 1 atom stereocenters. The molecular weight excluding hydrogens is 420 g/mol. The van der Waals surface area contributed by atoms with Crippen LogP contribution in [0, 0.1) is 0 Å². The minimum absolute atomic E-state index is 0.0487. The lowest BCUT2D eigenvalue weighted by Crippen LogP contribution is -2.26. The second kappa shape index (κ2) is 7.64. The molecule has 1 aliphatic heterocycles. The zero-order valence-electron chi connectivity index (χ0n) is 16.4. The maximum atomic E-state index is 6.06. The SMILES string of the molecule is COc1cc(OC(C)C)c(-c2cn3ccc(N4CCC(N)C4)cc3n2)cc1Br. The zero-order valence-corrected chi connectivity index (χ0v) is 17.9. The van der Waals surface area contributed by atoms with E-state index in [0.29, 0.717) is 0 Å². The Balaban J connectivity index is 1.75. The van der Waals surface area contributed by atoms with Crippen molar-refractivity contribution in [2.24, 2.45) is 5.73 Å². The summed E-state index contributed by atoms with van der Waals surface area (Å²) in [5.41, 5.74) is 9.90. The first-order valence-corrected chi connectivity index (χ1v) is 10.3. The van der Waals surface area contributed by atoms with Crippen LogP contribution in [0.1, 0.15) is 20.3 Å². The largest absolute Gasteiger partial charge is 0.495 e. The summed E-state index contributed by atoms with van der Waals surface area (Å²) in [6.07, 6.45) is 5.15. The molecular formula is C21H25BrN4O2. The van der Waals surface area contributed by atoms with E-state index in [4.69, 9.17) is 20.2 Å². The normalized spacial score (nSPS) is 16.9. The number of nitrogens with zero attached hydrogens (tertiary/aromatic N) is 3. The molecule has 0 aliphatic carbocycles. The van der Waals surface area contributed by atoms with Gasteiger partial charge in [-0.3, -0.25) is 0 Å². The number of halogens is 1. The second-order valence-electron chi connectivity index (χ2n) is 7.42. The Kier molecular flexibility index (Phi) is 5.21. The van der Waals surface area contributed by atoms with Crippen molar-refractivity contribution in [3.63, 3.8) is 0 Å². The van der Waals surface area contributed by atoms with E-state index in [1.54, 1.807) is 7.11 Å². The summed E-state index contributed by atoms with van der Waals surface area (Å²) in [5.74, 6) is 1.49.